The third kappa shape index (κ3) is 3.25. The van der Waals surface area contributed by atoms with Crippen molar-refractivity contribution in [2.75, 3.05) is 0 Å². The third-order valence-electron chi connectivity index (χ3n) is 12.6. The molecule has 0 aliphatic heterocycles. The second-order valence-electron chi connectivity index (χ2n) is 14.5. The summed E-state index contributed by atoms with van der Waals surface area (Å²) in [5.74, 6) is -0.297. The average molecular weight is 489 g/mol. The lowest BCUT2D eigenvalue weighted by Gasteiger charge is -2.76. The van der Waals surface area contributed by atoms with Gasteiger partial charge >= 0.3 is 5.97 Å². The molecule has 7 aliphatic carbocycles. The van der Waals surface area contributed by atoms with Crippen LogP contribution in [0.15, 0.2) is 0 Å². The number of hydrogen-bond acceptors (Lipinski definition) is 5. The van der Waals surface area contributed by atoms with Crippen molar-refractivity contribution in [1.29, 1.82) is 0 Å². The maximum Gasteiger partial charge on any atom is 0.309 e. The van der Waals surface area contributed by atoms with Gasteiger partial charge in [0.15, 0.2) is 0 Å². The van der Waals surface area contributed by atoms with Gasteiger partial charge in [0.2, 0.25) is 0 Å². The van der Waals surface area contributed by atoms with Crippen molar-refractivity contribution in [2.45, 2.75) is 158 Å². The van der Waals surface area contributed by atoms with Crippen LogP contribution in [0.2, 0.25) is 0 Å². The number of carbonyl (C=O) groups excluding carboxylic acids is 1. The van der Waals surface area contributed by atoms with Crippen molar-refractivity contribution in [3.63, 3.8) is 0 Å². The van der Waals surface area contributed by atoms with Gasteiger partial charge in [-0.2, -0.15) is 0 Å². The Morgan fingerprint density at radius 1 is 0.657 bits per heavy atom. The molecule has 4 bridgehead atoms. The minimum absolute atomic E-state index is 0.134. The Hall–Kier alpha value is -0.650. The minimum Gasteiger partial charge on any atom is -0.459 e. The molecule has 0 aromatic carbocycles. The van der Waals surface area contributed by atoms with Crippen LogP contribution in [0.5, 0.6) is 0 Å². The Labute approximate surface area is 211 Å². The summed E-state index contributed by atoms with van der Waals surface area (Å²) in [4.78, 5) is 13.4. The summed E-state index contributed by atoms with van der Waals surface area (Å²) in [6.45, 7) is 3.98. The molecule has 0 radical (unpaired) electrons. The molecule has 0 amide bonds. The van der Waals surface area contributed by atoms with E-state index in [2.05, 4.69) is 0 Å². The normalized spacial score (nSPS) is 45.6. The van der Waals surface area contributed by atoms with E-state index in [4.69, 9.17) is 4.74 Å². The standard InChI is InChI=1S/C30H48O5/c1-3-22(2)23(31)35-27-19-24(28(32)10-4-5-11-28)16-25(20-27,29(33)12-6-7-13-29)18-26(17-24,21-27)30(34)14-8-9-15-30/h22,32-34H,3-21H2,1-2H3. The molecule has 198 valence electrons. The van der Waals surface area contributed by atoms with Crippen LogP contribution in [0.25, 0.3) is 0 Å². The zero-order valence-corrected chi connectivity index (χ0v) is 22.2. The highest BCUT2D eigenvalue weighted by Crippen LogP contribution is 2.80. The Bertz CT molecular complexity index is 759. The Balaban J connectivity index is 1.53. The first-order valence-electron chi connectivity index (χ1n) is 14.9. The summed E-state index contributed by atoms with van der Waals surface area (Å²) in [5.41, 5.74) is -4.25. The van der Waals surface area contributed by atoms with E-state index in [1.54, 1.807) is 0 Å². The largest absolute Gasteiger partial charge is 0.459 e. The second-order valence-corrected chi connectivity index (χ2v) is 14.5. The van der Waals surface area contributed by atoms with Gasteiger partial charge in [-0.15, -0.1) is 0 Å². The van der Waals surface area contributed by atoms with Gasteiger partial charge in [-0.25, -0.2) is 0 Å². The molecule has 5 nitrogen and oxygen atoms in total. The SMILES string of the molecule is CCC(C)C(=O)OC12CC3(C4(O)CCCC4)CC(C4(O)CCCC4)(C1)CC(C1(O)CCCC1)(C2)C3. The van der Waals surface area contributed by atoms with Crippen LogP contribution in [0.4, 0.5) is 0 Å². The number of carbonyl (C=O) groups is 1. The molecule has 0 heterocycles. The predicted octanol–water partition coefficient (Wildman–Crippen LogP) is 5.57. The number of ether oxygens (including phenoxy) is 1. The highest BCUT2D eigenvalue weighted by molar-refractivity contribution is 5.72. The molecule has 3 N–H and O–H groups in total. The number of esters is 1. The molecule has 7 saturated carbocycles. The van der Waals surface area contributed by atoms with E-state index in [1.807, 2.05) is 13.8 Å². The topological polar surface area (TPSA) is 87.0 Å². The molecule has 0 aromatic heterocycles. The second kappa shape index (κ2) is 7.69. The van der Waals surface area contributed by atoms with Gasteiger partial charge in [0.25, 0.3) is 0 Å². The highest BCUT2D eigenvalue weighted by Gasteiger charge is 2.79. The summed E-state index contributed by atoms with van der Waals surface area (Å²) in [6, 6.07) is 0. The molecule has 7 fully saturated rings. The van der Waals surface area contributed by atoms with Crippen molar-refractivity contribution >= 4 is 5.97 Å². The summed E-state index contributed by atoms with van der Waals surface area (Å²) >= 11 is 0. The van der Waals surface area contributed by atoms with Crippen molar-refractivity contribution in [1.82, 2.24) is 0 Å². The van der Waals surface area contributed by atoms with Gasteiger partial charge in [0.05, 0.1) is 22.7 Å². The Kier molecular flexibility index (Phi) is 5.42. The van der Waals surface area contributed by atoms with Gasteiger partial charge in [-0.05, 0) is 83.5 Å². The summed E-state index contributed by atoms with van der Waals surface area (Å²) in [5, 5.41) is 37.0. The van der Waals surface area contributed by atoms with Crippen LogP contribution in [-0.4, -0.2) is 43.7 Å². The highest BCUT2D eigenvalue weighted by atomic mass is 16.6. The average Bonchev–Trinajstić information content (AvgIpc) is 3.55. The van der Waals surface area contributed by atoms with E-state index >= 15 is 0 Å². The van der Waals surface area contributed by atoms with Gasteiger partial charge < -0.3 is 20.1 Å². The van der Waals surface area contributed by atoms with E-state index in [0.717, 1.165) is 103 Å². The monoisotopic (exact) mass is 488 g/mol. The van der Waals surface area contributed by atoms with Crippen LogP contribution >= 0.6 is 0 Å². The first kappa shape index (κ1) is 24.7. The van der Waals surface area contributed by atoms with Crippen LogP contribution in [0, 0.1) is 22.2 Å². The number of rotatable bonds is 6. The lowest BCUT2D eigenvalue weighted by molar-refractivity contribution is -0.341. The van der Waals surface area contributed by atoms with Gasteiger partial charge in [-0.3, -0.25) is 4.79 Å². The zero-order chi connectivity index (χ0) is 24.8. The molecular weight excluding hydrogens is 440 g/mol. The predicted molar refractivity (Wildman–Crippen MR) is 134 cm³/mol. The van der Waals surface area contributed by atoms with Crippen LogP contribution in [0.1, 0.15) is 136 Å². The lowest BCUT2D eigenvalue weighted by Crippen LogP contribution is -2.76. The quantitative estimate of drug-likeness (QED) is 0.426. The molecule has 5 heteroatoms. The minimum atomic E-state index is -0.789. The molecule has 1 unspecified atom stereocenters. The summed E-state index contributed by atoms with van der Waals surface area (Å²) < 4.78 is 6.62. The Morgan fingerprint density at radius 2 is 0.971 bits per heavy atom. The molecule has 0 spiro atoms. The van der Waals surface area contributed by atoms with E-state index in [-0.39, 0.29) is 11.9 Å². The van der Waals surface area contributed by atoms with Crippen molar-refractivity contribution in [3.8, 4) is 0 Å². The third-order valence-corrected chi connectivity index (χ3v) is 12.6. The van der Waals surface area contributed by atoms with E-state index in [1.165, 1.54) is 0 Å². The maximum atomic E-state index is 13.4. The molecule has 7 rings (SSSR count). The van der Waals surface area contributed by atoms with Crippen molar-refractivity contribution in [3.05, 3.63) is 0 Å². The van der Waals surface area contributed by atoms with Gasteiger partial charge in [0, 0.05) is 16.2 Å². The fourth-order valence-electron chi connectivity index (χ4n) is 11.1. The van der Waals surface area contributed by atoms with Crippen LogP contribution < -0.4 is 0 Å². The molecule has 35 heavy (non-hydrogen) atoms. The van der Waals surface area contributed by atoms with E-state index in [9.17, 15) is 20.1 Å². The maximum absolute atomic E-state index is 13.4. The Morgan fingerprint density at radius 3 is 1.26 bits per heavy atom. The molecular formula is C30H48O5. The summed E-state index contributed by atoms with van der Waals surface area (Å²) in [6.07, 6.45) is 16.3. The van der Waals surface area contributed by atoms with E-state index in [0.29, 0.717) is 19.3 Å². The van der Waals surface area contributed by atoms with Crippen LogP contribution in [0.3, 0.4) is 0 Å². The van der Waals surface area contributed by atoms with Crippen molar-refractivity contribution in [2.24, 2.45) is 22.2 Å². The van der Waals surface area contributed by atoms with E-state index < -0.39 is 38.6 Å². The number of aliphatic hydroxyl groups is 3. The summed E-state index contributed by atoms with van der Waals surface area (Å²) in [7, 11) is 0. The van der Waals surface area contributed by atoms with Gasteiger partial charge in [0.1, 0.15) is 5.60 Å². The fourth-order valence-corrected chi connectivity index (χ4v) is 11.1. The first-order chi connectivity index (χ1) is 16.5. The molecule has 1 atom stereocenters. The smallest absolute Gasteiger partial charge is 0.309 e. The molecule has 0 aromatic rings. The first-order valence-corrected chi connectivity index (χ1v) is 14.9. The van der Waals surface area contributed by atoms with Crippen LogP contribution in [-0.2, 0) is 9.53 Å². The molecule has 0 saturated heterocycles. The lowest BCUT2D eigenvalue weighted by atomic mass is 9.31. The molecule has 7 aliphatic rings. The van der Waals surface area contributed by atoms with Gasteiger partial charge in [-0.1, -0.05) is 52.4 Å². The zero-order valence-electron chi connectivity index (χ0n) is 22.2. The fraction of sp³-hybridized carbons (Fsp3) is 0.967. The number of hydrogen-bond donors (Lipinski definition) is 3. The van der Waals surface area contributed by atoms with Crippen molar-refractivity contribution < 1.29 is 24.9 Å².